The summed E-state index contributed by atoms with van der Waals surface area (Å²) in [5.41, 5.74) is 0.909. The number of hydrogen-bond donors (Lipinski definition) is 2. The summed E-state index contributed by atoms with van der Waals surface area (Å²) in [7, 11) is 3.50. The van der Waals surface area contributed by atoms with Gasteiger partial charge in [-0.1, -0.05) is 24.3 Å². The zero-order valence-electron chi connectivity index (χ0n) is 15.6. The second-order valence-corrected chi connectivity index (χ2v) is 7.12. The van der Waals surface area contributed by atoms with E-state index in [0.717, 1.165) is 12.0 Å². The lowest BCUT2D eigenvalue weighted by Crippen LogP contribution is -2.28. The first-order valence-corrected chi connectivity index (χ1v) is 9.55. The van der Waals surface area contributed by atoms with Crippen LogP contribution in [0.2, 0.25) is 0 Å². The molecular weight excluding hydrogens is 368 g/mol. The van der Waals surface area contributed by atoms with Gasteiger partial charge in [-0.3, -0.25) is 4.90 Å². The Morgan fingerprint density at radius 3 is 2.81 bits per heavy atom. The maximum Gasteiger partial charge on any atom is 0.230 e. The molecule has 0 saturated carbocycles. The van der Waals surface area contributed by atoms with Crippen molar-refractivity contribution in [1.29, 1.82) is 0 Å². The molecule has 0 fully saturated rings. The van der Waals surface area contributed by atoms with Gasteiger partial charge in [-0.05, 0) is 31.2 Å². The topological polar surface area (TPSA) is 92.4 Å². The van der Waals surface area contributed by atoms with E-state index >= 15 is 0 Å². The van der Waals surface area contributed by atoms with E-state index in [1.54, 1.807) is 7.11 Å². The molecule has 1 atom stereocenters. The lowest BCUT2D eigenvalue weighted by molar-refractivity contribution is 0.196. The van der Waals surface area contributed by atoms with E-state index < -0.39 is 0 Å². The molecule has 2 heterocycles. The first-order chi connectivity index (χ1) is 13.1. The third kappa shape index (κ3) is 3.85. The molecule has 9 heteroatoms. The van der Waals surface area contributed by atoms with Crippen molar-refractivity contribution in [3.63, 3.8) is 0 Å². The summed E-state index contributed by atoms with van der Waals surface area (Å²) in [6.07, 6.45) is 2.31. The van der Waals surface area contributed by atoms with Crippen LogP contribution in [0.4, 0.5) is 0 Å². The number of aliphatic hydroxyl groups excluding tert-OH is 1. The number of benzene rings is 1. The monoisotopic (exact) mass is 392 g/mol. The Bertz CT molecular complexity index is 895. The lowest BCUT2D eigenvalue weighted by Gasteiger charge is -2.27. The molecular formula is C18H24N4O4S. The molecule has 3 aromatic rings. The van der Waals surface area contributed by atoms with Gasteiger partial charge in [-0.2, -0.15) is 9.61 Å². The highest BCUT2D eigenvalue weighted by atomic mass is 32.1. The number of likely N-dealkylation sites (N-methyl/N-ethyl adjacent to an activating group) is 1. The zero-order chi connectivity index (χ0) is 19.4. The van der Waals surface area contributed by atoms with Gasteiger partial charge in [0.05, 0.1) is 31.2 Å². The number of aliphatic hydroxyl groups is 1. The Balaban J connectivity index is 2.05. The predicted molar refractivity (Wildman–Crippen MR) is 103 cm³/mol. The molecule has 8 nitrogen and oxygen atoms in total. The van der Waals surface area contributed by atoms with Crippen molar-refractivity contribution in [2.24, 2.45) is 0 Å². The summed E-state index contributed by atoms with van der Waals surface area (Å²) in [5.74, 6) is 1.35. The molecule has 3 rings (SSSR count). The van der Waals surface area contributed by atoms with Crippen molar-refractivity contribution in [3.05, 3.63) is 35.0 Å². The minimum atomic E-state index is -0.292. The number of aromatic hydroxyl groups is 1. The van der Waals surface area contributed by atoms with E-state index in [4.69, 9.17) is 9.47 Å². The molecule has 1 aromatic carbocycles. The second-order valence-electron chi connectivity index (χ2n) is 6.11. The first kappa shape index (κ1) is 19.4. The molecule has 0 saturated heterocycles. The molecule has 0 radical (unpaired) electrons. The number of hydrogen-bond acceptors (Lipinski definition) is 8. The Hall–Kier alpha value is -2.36. The van der Waals surface area contributed by atoms with Crippen molar-refractivity contribution in [2.45, 2.75) is 19.4 Å². The van der Waals surface area contributed by atoms with E-state index in [1.165, 1.54) is 22.2 Å². The average Bonchev–Trinajstić information content (AvgIpc) is 3.24. The van der Waals surface area contributed by atoms with Crippen molar-refractivity contribution >= 4 is 16.3 Å². The number of rotatable bonds is 9. The summed E-state index contributed by atoms with van der Waals surface area (Å²) in [6, 6.07) is 5.43. The molecule has 2 aromatic heterocycles. The number of ether oxygens (including phenoxy) is 2. The molecule has 1 unspecified atom stereocenters. The van der Waals surface area contributed by atoms with Crippen molar-refractivity contribution in [2.75, 3.05) is 33.9 Å². The van der Waals surface area contributed by atoms with Crippen molar-refractivity contribution in [1.82, 2.24) is 19.5 Å². The van der Waals surface area contributed by atoms with Crippen LogP contribution in [-0.4, -0.2) is 63.6 Å². The highest BCUT2D eigenvalue weighted by molar-refractivity contribution is 7.17. The highest BCUT2D eigenvalue weighted by Gasteiger charge is 2.28. The van der Waals surface area contributed by atoms with Crippen LogP contribution < -0.4 is 9.47 Å². The Kier molecular flexibility index (Phi) is 6.15. The Labute approximate surface area is 161 Å². The van der Waals surface area contributed by atoms with Gasteiger partial charge in [0, 0.05) is 6.54 Å². The van der Waals surface area contributed by atoms with Crippen LogP contribution >= 0.6 is 11.3 Å². The van der Waals surface area contributed by atoms with Crippen LogP contribution in [0.3, 0.4) is 0 Å². The van der Waals surface area contributed by atoms with E-state index in [1.807, 2.05) is 37.1 Å². The van der Waals surface area contributed by atoms with Gasteiger partial charge in [0.15, 0.2) is 11.5 Å². The maximum atomic E-state index is 10.7. The largest absolute Gasteiger partial charge is 0.493 e. The van der Waals surface area contributed by atoms with Crippen molar-refractivity contribution < 1.29 is 19.7 Å². The number of methoxy groups -OCH3 is 1. The van der Waals surface area contributed by atoms with E-state index in [0.29, 0.717) is 34.5 Å². The molecule has 0 spiro atoms. The summed E-state index contributed by atoms with van der Waals surface area (Å²) >= 11 is 1.36. The average molecular weight is 392 g/mol. The number of fused-ring (bicyclic) bond motifs is 1. The molecule has 146 valence electrons. The van der Waals surface area contributed by atoms with Gasteiger partial charge in [-0.25, -0.2) is 4.98 Å². The first-order valence-electron chi connectivity index (χ1n) is 8.73. The highest BCUT2D eigenvalue weighted by Crippen LogP contribution is 2.41. The van der Waals surface area contributed by atoms with Gasteiger partial charge >= 0.3 is 0 Å². The third-order valence-corrected chi connectivity index (χ3v) is 5.33. The van der Waals surface area contributed by atoms with Gasteiger partial charge in [0.2, 0.25) is 10.8 Å². The van der Waals surface area contributed by atoms with Crippen LogP contribution in [0.5, 0.6) is 17.4 Å². The molecule has 2 N–H and O–H groups in total. The second kappa shape index (κ2) is 8.55. The van der Waals surface area contributed by atoms with E-state index in [-0.39, 0.29) is 18.5 Å². The third-order valence-electron chi connectivity index (χ3n) is 4.25. The molecule has 0 bridgehead atoms. The van der Waals surface area contributed by atoms with Gasteiger partial charge in [0.25, 0.3) is 0 Å². The fourth-order valence-corrected chi connectivity index (χ4v) is 4.07. The standard InChI is InChI=1S/C18H24N4O4S/c1-4-9-26-13-6-5-12(10-14(13)25-3)15(21(2)7-8-23)16-17(24)22-18(27-16)19-11-20-22/h5-6,10-11,15,23-24H,4,7-9H2,1-3H3. The number of thiazole rings is 1. The maximum absolute atomic E-state index is 10.7. The van der Waals surface area contributed by atoms with Crippen LogP contribution in [-0.2, 0) is 0 Å². The minimum absolute atomic E-state index is 0.00333. The quantitative estimate of drug-likeness (QED) is 0.577. The SMILES string of the molecule is CCCOc1ccc(C(c2sc3ncnn3c2O)N(C)CCO)cc1OC. The van der Waals surface area contributed by atoms with Crippen LogP contribution in [0, 0.1) is 0 Å². The zero-order valence-corrected chi connectivity index (χ0v) is 16.4. The number of aromatic nitrogens is 3. The van der Waals surface area contributed by atoms with Gasteiger partial charge in [0.1, 0.15) is 6.33 Å². The predicted octanol–water partition coefficient (Wildman–Crippen LogP) is 2.31. The fraction of sp³-hybridized carbons (Fsp3) is 0.444. The molecule has 0 amide bonds. The Morgan fingerprint density at radius 2 is 2.15 bits per heavy atom. The van der Waals surface area contributed by atoms with Crippen molar-refractivity contribution in [3.8, 4) is 17.4 Å². The van der Waals surface area contributed by atoms with E-state index in [2.05, 4.69) is 10.1 Å². The summed E-state index contributed by atoms with van der Waals surface area (Å²) in [4.78, 5) is 7.44. The fourth-order valence-electron chi connectivity index (χ4n) is 2.95. The van der Waals surface area contributed by atoms with E-state index in [9.17, 15) is 10.2 Å². The smallest absolute Gasteiger partial charge is 0.230 e. The van der Waals surface area contributed by atoms with Gasteiger partial charge in [-0.15, -0.1) is 0 Å². The number of nitrogens with zero attached hydrogens (tertiary/aromatic N) is 4. The van der Waals surface area contributed by atoms with Crippen LogP contribution in [0.1, 0.15) is 29.8 Å². The molecule has 0 aliphatic heterocycles. The molecule has 0 aliphatic carbocycles. The minimum Gasteiger partial charge on any atom is -0.493 e. The lowest BCUT2D eigenvalue weighted by atomic mass is 10.0. The summed E-state index contributed by atoms with van der Waals surface area (Å²) in [6.45, 7) is 3.10. The Morgan fingerprint density at radius 1 is 1.33 bits per heavy atom. The molecule has 0 aliphatic rings. The van der Waals surface area contributed by atoms with Crippen LogP contribution in [0.15, 0.2) is 24.5 Å². The summed E-state index contributed by atoms with van der Waals surface area (Å²) in [5, 5.41) is 24.1. The normalized spacial score (nSPS) is 12.6. The summed E-state index contributed by atoms with van der Waals surface area (Å²) < 4.78 is 12.6. The van der Waals surface area contributed by atoms with Crippen LogP contribution in [0.25, 0.3) is 4.96 Å². The molecule has 27 heavy (non-hydrogen) atoms. The van der Waals surface area contributed by atoms with Gasteiger partial charge < -0.3 is 19.7 Å².